The number of alkyl halides is 3. The summed E-state index contributed by atoms with van der Waals surface area (Å²) in [5.74, 6) is -2.54. The molecule has 2 rings (SSSR count). The molecular formula is C17H24F3N3O3. The van der Waals surface area contributed by atoms with Gasteiger partial charge in [-0.15, -0.1) is 0 Å². The smallest absolute Gasteiger partial charge is 0.475 e. The maximum atomic E-state index is 12.5. The molecule has 0 spiro atoms. The van der Waals surface area contributed by atoms with E-state index in [1.54, 1.807) is 0 Å². The average molecular weight is 375 g/mol. The first-order valence-electron chi connectivity index (χ1n) is 8.13. The summed E-state index contributed by atoms with van der Waals surface area (Å²) in [5, 5.41) is 10.3. The molecule has 1 atom stereocenters. The second-order valence-corrected chi connectivity index (χ2v) is 5.96. The minimum absolute atomic E-state index is 0.120. The third-order valence-electron chi connectivity index (χ3n) is 3.99. The normalized spacial score (nSPS) is 16.4. The Hall–Kier alpha value is -2.13. The molecule has 26 heavy (non-hydrogen) atoms. The van der Waals surface area contributed by atoms with Crippen molar-refractivity contribution in [3.8, 4) is 0 Å². The lowest BCUT2D eigenvalue weighted by Gasteiger charge is -2.34. The van der Waals surface area contributed by atoms with Crippen LogP contribution in [0, 0.1) is 0 Å². The van der Waals surface area contributed by atoms with Crippen LogP contribution in [0.5, 0.6) is 0 Å². The number of carbonyl (C=O) groups is 2. The van der Waals surface area contributed by atoms with Crippen LogP contribution < -0.4 is 5.32 Å². The fourth-order valence-electron chi connectivity index (χ4n) is 2.41. The number of nitrogens with one attached hydrogen (secondary N) is 1. The minimum Gasteiger partial charge on any atom is -0.475 e. The molecular weight excluding hydrogens is 351 g/mol. The van der Waals surface area contributed by atoms with E-state index in [0.717, 1.165) is 32.6 Å². The highest BCUT2D eigenvalue weighted by molar-refractivity contribution is 5.82. The highest BCUT2D eigenvalue weighted by atomic mass is 19.4. The average Bonchev–Trinajstić information content (AvgIpc) is 2.60. The monoisotopic (exact) mass is 375 g/mol. The van der Waals surface area contributed by atoms with Crippen LogP contribution in [0.2, 0.25) is 0 Å². The van der Waals surface area contributed by atoms with Gasteiger partial charge in [0.2, 0.25) is 5.91 Å². The van der Waals surface area contributed by atoms with Crippen molar-refractivity contribution in [3.63, 3.8) is 0 Å². The molecule has 9 heteroatoms. The fourth-order valence-corrected chi connectivity index (χ4v) is 2.41. The summed E-state index contributed by atoms with van der Waals surface area (Å²) in [6, 6.07) is 10.1. The highest BCUT2D eigenvalue weighted by Gasteiger charge is 2.38. The van der Waals surface area contributed by atoms with Crippen molar-refractivity contribution in [2.75, 3.05) is 40.3 Å². The summed E-state index contributed by atoms with van der Waals surface area (Å²) in [6.45, 7) is 3.60. The van der Waals surface area contributed by atoms with E-state index in [1.165, 1.54) is 5.56 Å². The van der Waals surface area contributed by atoms with Gasteiger partial charge in [0, 0.05) is 26.2 Å². The van der Waals surface area contributed by atoms with E-state index in [4.69, 9.17) is 9.90 Å². The standard InChI is InChI=1S/C15H23N3O.C2HF3O2/c1-16-14(12-13-6-4-3-5-7-13)15(19)18-10-8-17(2)9-11-18;3-2(4,5)1(6)7/h3-7,14,16H,8-12H2,1-2H3;(H,6,7)/t14-;/m0./s1. The maximum Gasteiger partial charge on any atom is 0.490 e. The number of amides is 1. The van der Waals surface area contributed by atoms with Crippen LogP contribution in [0.15, 0.2) is 30.3 Å². The number of hydrogen-bond donors (Lipinski definition) is 2. The lowest BCUT2D eigenvalue weighted by molar-refractivity contribution is -0.192. The van der Waals surface area contributed by atoms with Gasteiger partial charge in [-0.25, -0.2) is 4.79 Å². The van der Waals surface area contributed by atoms with E-state index in [9.17, 15) is 18.0 Å². The van der Waals surface area contributed by atoms with Crippen molar-refractivity contribution < 1.29 is 27.9 Å². The van der Waals surface area contributed by atoms with Gasteiger partial charge in [0.1, 0.15) is 0 Å². The molecule has 0 radical (unpaired) electrons. The van der Waals surface area contributed by atoms with Crippen LogP contribution in [0.4, 0.5) is 13.2 Å². The number of nitrogens with zero attached hydrogens (tertiary/aromatic N) is 2. The number of carboxylic acids is 1. The first-order chi connectivity index (χ1) is 12.1. The molecule has 0 aliphatic carbocycles. The number of benzene rings is 1. The van der Waals surface area contributed by atoms with Crippen LogP contribution in [-0.2, 0) is 16.0 Å². The number of rotatable bonds is 4. The zero-order valence-electron chi connectivity index (χ0n) is 14.8. The Balaban J connectivity index is 0.000000412. The third-order valence-corrected chi connectivity index (χ3v) is 3.99. The molecule has 6 nitrogen and oxygen atoms in total. The van der Waals surface area contributed by atoms with E-state index in [-0.39, 0.29) is 11.9 Å². The highest BCUT2D eigenvalue weighted by Crippen LogP contribution is 2.13. The molecule has 1 aliphatic heterocycles. The Morgan fingerprint density at radius 1 is 1.15 bits per heavy atom. The molecule has 0 aromatic heterocycles. The summed E-state index contributed by atoms with van der Waals surface area (Å²) in [6.07, 6.45) is -4.33. The quantitative estimate of drug-likeness (QED) is 0.828. The number of aliphatic carboxylic acids is 1. The van der Waals surface area contributed by atoms with E-state index in [2.05, 4.69) is 29.4 Å². The summed E-state index contributed by atoms with van der Waals surface area (Å²) in [5.41, 5.74) is 1.20. The second-order valence-electron chi connectivity index (χ2n) is 5.96. The molecule has 2 N–H and O–H groups in total. The first-order valence-corrected chi connectivity index (χ1v) is 8.13. The van der Waals surface area contributed by atoms with Crippen molar-refractivity contribution in [2.45, 2.75) is 18.6 Å². The van der Waals surface area contributed by atoms with Crippen molar-refractivity contribution in [1.29, 1.82) is 0 Å². The summed E-state index contributed by atoms with van der Waals surface area (Å²) >= 11 is 0. The van der Waals surface area contributed by atoms with E-state index in [1.807, 2.05) is 30.1 Å². The predicted octanol–water partition coefficient (Wildman–Crippen LogP) is 1.22. The van der Waals surface area contributed by atoms with Crippen LogP contribution in [0.25, 0.3) is 0 Å². The van der Waals surface area contributed by atoms with Gasteiger partial charge < -0.3 is 20.2 Å². The second kappa shape index (κ2) is 10.1. The Morgan fingerprint density at radius 2 is 1.65 bits per heavy atom. The fraction of sp³-hybridized carbons (Fsp3) is 0.529. The molecule has 1 aliphatic rings. The lowest BCUT2D eigenvalue weighted by atomic mass is 10.0. The minimum atomic E-state index is -5.08. The van der Waals surface area contributed by atoms with Gasteiger partial charge in [-0.1, -0.05) is 30.3 Å². The maximum absolute atomic E-state index is 12.5. The molecule has 1 aromatic carbocycles. The lowest BCUT2D eigenvalue weighted by Crippen LogP contribution is -2.53. The molecule has 1 amide bonds. The molecule has 1 aromatic rings. The van der Waals surface area contributed by atoms with Crippen LogP contribution in [0.1, 0.15) is 5.56 Å². The van der Waals surface area contributed by atoms with Gasteiger partial charge in [-0.05, 0) is 26.1 Å². The Morgan fingerprint density at radius 3 is 2.08 bits per heavy atom. The third kappa shape index (κ3) is 7.40. The SMILES string of the molecule is CN[C@@H](Cc1ccccc1)C(=O)N1CCN(C)CC1.O=C(O)C(F)(F)F. The predicted molar refractivity (Wildman–Crippen MR) is 90.8 cm³/mol. The van der Waals surface area contributed by atoms with E-state index >= 15 is 0 Å². The molecule has 0 saturated carbocycles. The van der Waals surface area contributed by atoms with Gasteiger partial charge in [0.05, 0.1) is 6.04 Å². The summed E-state index contributed by atoms with van der Waals surface area (Å²) < 4.78 is 31.7. The number of carboxylic acid groups (broad SMARTS) is 1. The van der Waals surface area contributed by atoms with Crippen molar-refractivity contribution >= 4 is 11.9 Å². The zero-order valence-corrected chi connectivity index (χ0v) is 14.8. The van der Waals surface area contributed by atoms with Gasteiger partial charge in [-0.3, -0.25) is 4.79 Å². The van der Waals surface area contributed by atoms with Crippen molar-refractivity contribution in [1.82, 2.24) is 15.1 Å². The molecule has 1 heterocycles. The van der Waals surface area contributed by atoms with Gasteiger partial charge in [0.25, 0.3) is 0 Å². The van der Waals surface area contributed by atoms with Crippen molar-refractivity contribution in [2.24, 2.45) is 0 Å². The number of carbonyl (C=O) groups excluding carboxylic acids is 1. The number of piperazine rings is 1. The Bertz CT molecular complexity index is 574. The number of hydrogen-bond acceptors (Lipinski definition) is 4. The zero-order chi connectivity index (χ0) is 19.7. The number of likely N-dealkylation sites (N-methyl/N-ethyl adjacent to an activating group) is 2. The van der Waals surface area contributed by atoms with Gasteiger partial charge in [-0.2, -0.15) is 13.2 Å². The summed E-state index contributed by atoms with van der Waals surface area (Å²) in [4.78, 5) is 25.6. The van der Waals surface area contributed by atoms with Gasteiger partial charge in [0.15, 0.2) is 0 Å². The molecule has 0 bridgehead atoms. The molecule has 0 unspecified atom stereocenters. The van der Waals surface area contributed by atoms with Crippen molar-refractivity contribution in [3.05, 3.63) is 35.9 Å². The van der Waals surface area contributed by atoms with E-state index < -0.39 is 12.1 Å². The van der Waals surface area contributed by atoms with Crippen LogP contribution in [-0.4, -0.2) is 79.3 Å². The molecule has 1 fully saturated rings. The topological polar surface area (TPSA) is 72.9 Å². The van der Waals surface area contributed by atoms with E-state index in [0.29, 0.717) is 0 Å². The largest absolute Gasteiger partial charge is 0.490 e. The summed E-state index contributed by atoms with van der Waals surface area (Å²) in [7, 11) is 3.96. The Kier molecular flexibility index (Phi) is 8.53. The first kappa shape index (κ1) is 21.9. The Labute approximate surface area is 150 Å². The molecule has 146 valence electrons. The van der Waals surface area contributed by atoms with Gasteiger partial charge >= 0.3 is 12.1 Å². The number of halogens is 3. The van der Waals surface area contributed by atoms with Crippen LogP contribution in [0.3, 0.4) is 0 Å². The van der Waals surface area contributed by atoms with Crippen LogP contribution >= 0.6 is 0 Å². The molecule has 1 saturated heterocycles.